The monoisotopic (exact) mass is 245 g/mol. The lowest BCUT2D eigenvalue weighted by Gasteiger charge is -2.44. The zero-order valence-electron chi connectivity index (χ0n) is 11.2. The first-order valence-corrected chi connectivity index (χ1v) is 7.26. The summed E-state index contributed by atoms with van der Waals surface area (Å²) in [6, 6.07) is 11.4. The molecule has 2 aliphatic rings. The number of nitrogens with zero attached hydrogens (tertiary/aromatic N) is 1. The molecule has 0 radical (unpaired) electrons. The molecule has 0 spiro atoms. The summed E-state index contributed by atoms with van der Waals surface area (Å²) in [5.41, 5.74) is 0.523. The Hall–Kier alpha value is -0.860. The topological polar surface area (TPSA) is 23.5 Å². The first-order valence-electron chi connectivity index (χ1n) is 7.26. The van der Waals surface area contributed by atoms with Crippen molar-refractivity contribution in [2.24, 2.45) is 0 Å². The molecule has 18 heavy (non-hydrogen) atoms. The standard InChI is InChI=1S/C16H23NO/c1-2-10-17-14-8-9-15(17)12-16(18,11-14)13-6-4-3-5-7-13/h3-7,14-15,18H,2,8-12H2,1H3/t14-,15-/m1/s1. The minimum atomic E-state index is -0.586. The molecule has 1 aromatic carbocycles. The van der Waals surface area contributed by atoms with Crippen LogP contribution in [-0.4, -0.2) is 28.6 Å². The van der Waals surface area contributed by atoms with Gasteiger partial charge in [-0.3, -0.25) is 4.90 Å². The Labute approximate surface area is 110 Å². The Balaban J connectivity index is 1.83. The van der Waals surface area contributed by atoms with Crippen molar-refractivity contribution in [2.75, 3.05) is 6.54 Å². The van der Waals surface area contributed by atoms with Crippen LogP contribution in [-0.2, 0) is 5.60 Å². The molecule has 2 atom stereocenters. The second kappa shape index (κ2) is 4.67. The Morgan fingerprint density at radius 1 is 1.17 bits per heavy atom. The van der Waals surface area contributed by atoms with Gasteiger partial charge < -0.3 is 5.11 Å². The van der Waals surface area contributed by atoms with E-state index in [0.29, 0.717) is 12.1 Å². The van der Waals surface area contributed by atoms with Gasteiger partial charge in [-0.1, -0.05) is 37.3 Å². The van der Waals surface area contributed by atoms with E-state index < -0.39 is 5.60 Å². The van der Waals surface area contributed by atoms with Crippen LogP contribution in [0.25, 0.3) is 0 Å². The summed E-state index contributed by atoms with van der Waals surface area (Å²) in [5.74, 6) is 0. The van der Waals surface area contributed by atoms with Gasteiger partial charge in [-0.05, 0) is 44.2 Å². The summed E-state index contributed by atoms with van der Waals surface area (Å²) in [6.45, 7) is 3.44. The molecule has 2 heterocycles. The molecule has 2 nitrogen and oxygen atoms in total. The molecule has 2 bridgehead atoms. The number of aliphatic hydroxyl groups is 1. The van der Waals surface area contributed by atoms with Gasteiger partial charge in [-0.15, -0.1) is 0 Å². The average molecular weight is 245 g/mol. The summed E-state index contributed by atoms with van der Waals surface area (Å²) in [5, 5.41) is 11.0. The number of hydrogen-bond donors (Lipinski definition) is 1. The highest BCUT2D eigenvalue weighted by atomic mass is 16.3. The predicted molar refractivity (Wildman–Crippen MR) is 73.4 cm³/mol. The maximum Gasteiger partial charge on any atom is 0.0926 e. The van der Waals surface area contributed by atoms with Crippen LogP contribution in [0.4, 0.5) is 0 Å². The second-order valence-electron chi connectivity index (χ2n) is 5.93. The lowest BCUT2D eigenvalue weighted by molar-refractivity contribution is -0.0567. The molecule has 1 aromatic rings. The Morgan fingerprint density at radius 2 is 1.78 bits per heavy atom. The van der Waals surface area contributed by atoms with E-state index >= 15 is 0 Å². The maximum atomic E-state index is 11.0. The normalized spacial score (nSPS) is 35.9. The fourth-order valence-electron chi connectivity index (χ4n) is 3.92. The zero-order chi connectivity index (χ0) is 12.6. The lowest BCUT2D eigenvalue weighted by Crippen LogP contribution is -2.49. The van der Waals surface area contributed by atoms with Crippen LogP contribution in [0.5, 0.6) is 0 Å². The third-order valence-electron chi connectivity index (χ3n) is 4.71. The van der Waals surface area contributed by atoms with Crippen LogP contribution in [0.3, 0.4) is 0 Å². The van der Waals surface area contributed by atoms with Gasteiger partial charge in [0.05, 0.1) is 5.60 Å². The molecule has 2 aliphatic heterocycles. The summed E-state index contributed by atoms with van der Waals surface area (Å²) in [6.07, 6.45) is 5.57. The summed E-state index contributed by atoms with van der Waals surface area (Å²) < 4.78 is 0. The number of fused-ring (bicyclic) bond motifs is 2. The van der Waals surface area contributed by atoms with Crippen LogP contribution < -0.4 is 0 Å². The second-order valence-corrected chi connectivity index (χ2v) is 5.93. The van der Waals surface area contributed by atoms with Gasteiger partial charge in [0.25, 0.3) is 0 Å². The fourth-order valence-corrected chi connectivity index (χ4v) is 3.92. The fraction of sp³-hybridized carbons (Fsp3) is 0.625. The van der Waals surface area contributed by atoms with E-state index in [1.807, 2.05) is 18.2 Å². The Morgan fingerprint density at radius 3 is 2.33 bits per heavy atom. The quantitative estimate of drug-likeness (QED) is 0.885. The molecule has 98 valence electrons. The van der Waals surface area contributed by atoms with Crippen LogP contribution in [0.2, 0.25) is 0 Å². The number of rotatable bonds is 3. The number of benzene rings is 1. The highest BCUT2D eigenvalue weighted by Gasteiger charge is 2.47. The molecule has 2 saturated heterocycles. The number of piperidine rings is 1. The lowest BCUT2D eigenvalue weighted by atomic mass is 9.80. The van der Waals surface area contributed by atoms with E-state index in [0.717, 1.165) is 18.4 Å². The first kappa shape index (κ1) is 12.2. The van der Waals surface area contributed by atoms with Crippen molar-refractivity contribution < 1.29 is 5.11 Å². The van der Waals surface area contributed by atoms with Crippen LogP contribution in [0, 0.1) is 0 Å². The van der Waals surface area contributed by atoms with Crippen molar-refractivity contribution in [3.8, 4) is 0 Å². The van der Waals surface area contributed by atoms with Crippen LogP contribution in [0.1, 0.15) is 44.6 Å². The molecule has 1 N–H and O–H groups in total. The van der Waals surface area contributed by atoms with Gasteiger partial charge in [0, 0.05) is 12.1 Å². The summed E-state index contributed by atoms with van der Waals surface area (Å²) in [4.78, 5) is 2.64. The van der Waals surface area contributed by atoms with Crippen LogP contribution >= 0.6 is 0 Å². The molecule has 2 fully saturated rings. The third-order valence-corrected chi connectivity index (χ3v) is 4.71. The summed E-state index contributed by atoms with van der Waals surface area (Å²) >= 11 is 0. The van der Waals surface area contributed by atoms with E-state index in [2.05, 4.69) is 24.0 Å². The van der Waals surface area contributed by atoms with Crippen molar-refractivity contribution >= 4 is 0 Å². The number of hydrogen-bond acceptors (Lipinski definition) is 2. The molecule has 0 unspecified atom stereocenters. The van der Waals surface area contributed by atoms with Gasteiger partial charge in [0.15, 0.2) is 0 Å². The van der Waals surface area contributed by atoms with Gasteiger partial charge >= 0.3 is 0 Å². The van der Waals surface area contributed by atoms with Crippen LogP contribution in [0.15, 0.2) is 30.3 Å². The largest absolute Gasteiger partial charge is 0.385 e. The highest BCUT2D eigenvalue weighted by Crippen LogP contribution is 2.45. The molecule has 0 amide bonds. The van der Waals surface area contributed by atoms with Crippen molar-refractivity contribution in [1.82, 2.24) is 4.90 Å². The molecule has 2 heteroatoms. The van der Waals surface area contributed by atoms with Gasteiger partial charge in [-0.25, -0.2) is 0 Å². The van der Waals surface area contributed by atoms with E-state index in [1.54, 1.807) is 0 Å². The maximum absolute atomic E-state index is 11.0. The average Bonchev–Trinajstić information content (AvgIpc) is 2.64. The van der Waals surface area contributed by atoms with E-state index in [4.69, 9.17) is 0 Å². The van der Waals surface area contributed by atoms with Gasteiger partial charge in [-0.2, -0.15) is 0 Å². The minimum Gasteiger partial charge on any atom is -0.385 e. The van der Waals surface area contributed by atoms with Crippen molar-refractivity contribution in [2.45, 2.75) is 56.7 Å². The Kier molecular flexibility index (Phi) is 3.16. The molecular formula is C16H23NO. The van der Waals surface area contributed by atoms with Gasteiger partial charge in [0.2, 0.25) is 0 Å². The third kappa shape index (κ3) is 1.98. The summed E-state index contributed by atoms with van der Waals surface area (Å²) in [7, 11) is 0. The van der Waals surface area contributed by atoms with E-state index in [1.165, 1.54) is 25.8 Å². The molecule has 3 rings (SSSR count). The molecule has 0 aromatic heterocycles. The smallest absolute Gasteiger partial charge is 0.0926 e. The zero-order valence-corrected chi connectivity index (χ0v) is 11.2. The van der Waals surface area contributed by atoms with Crippen molar-refractivity contribution in [1.29, 1.82) is 0 Å². The molecule has 0 saturated carbocycles. The highest BCUT2D eigenvalue weighted by molar-refractivity contribution is 5.24. The van der Waals surface area contributed by atoms with Crippen molar-refractivity contribution in [3.05, 3.63) is 35.9 Å². The van der Waals surface area contributed by atoms with Gasteiger partial charge in [0.1, 0.15) is 0 Å². The molecular weight excluding hydrogens is 222 g/mol. The first-order chi connectivity index (χ1) is 8.73. The predicted octanol–water partition coefficient (Wildman–Crippen LogP) is 2.91. The SMILES string of the molecule is CCCN1[C@@H]2CC[C@@H]1CC(O)(c1ccccc1)C2. The Bertz CT molecular complexity index is 389. The van der Waals surface area contributed by atoms with E-state index in [9.17, 15) is 5.11 Å². The van der Waals surface area contributed by atoms with Crippen molar-refractivity contribution in [3.63, 3.8) is 0 Å². The van der Waals surface area contributed by atoms with E-state index in [-0.39, 0.29) is 0 Å². The molecule has 0 aliphatic carbocycles. The minimum absolute atomic E-state index is 0.586.